The first kappa shape index (κ1) is 14.9. The van der Waals surface area contributed by atoms with Gasteiger partial charge in [0.25, 0.3) is 5.91 Å². The maximum atomic E-state index is 12.6. The van der Waals surface area contributed by atoms with Gasteiger partial charge in [-0.3, -0.25) is 9.89 Å². The Hall–Kier alpha value is -1.52. The summed E-state index contributed by atoms with van der Waals surface area (Å²) in [6.07, 6.45) is 3.31. The molecule has 1 aliphatic rings. The molecule has 2 heterocycles. The van der Waals surface area contributed by atoms with Crippen LogP contribution in [-0.2, 0) is 0 Å². The van der Waals surface area contributed by atoms with E-state index >= 15 is 0 Å². The quantitative estimate of drug-likeness (QED) is 0.829. The Morgan fingerprint density at radius 3 is 2.60 bits per heavy atom. The summed E-state index contributed by atoms with van der Waals surface area (Å²) in [5, 5.41) is 6.70. The molecule has 1 atom stereocenters. The number of H-pyrrole nitrogens is 1. The highest BCUT2D eigenvalue weighted by Crippen LogP contribution is 2.34. The minimum atomic E-state index is 0.0170. The maximum absolute atomic E-state index is 12.6. The Bertz CT molecular complexity index is 467. The molecule has 0 aliphatic carbocycles. The van der Waals surface area contributed by atoms with Crippen molar-refractivity contribution < 1.29 is 4.79 Å². The molecule has 1 unspecified atom stereocenters. The number of aromatic amines is 1. The molecule has 5 nitrogen and oxygen atoms in total. The summed E-state index contributed by atoms with van der Waals surface area (Å²) in [5.74, 6) is 0.996. The van der Waals surface area contributed by atoms with Crippen LogP contribution in [0.5, 0.6) is 0 Å². The lowest BCUT2D eigenvalue weighted by Gasteiger charge is -2.29. The number of likely N-dealkylation sites (tertiary alicyclic amines) is 1. The Morgan fingerprint density at radius 1 is 1.35 bits per heavy atom. The van der Waals surface area contributed by atoms with Crippen LogP contribution in [0.3, 0.4) is 0 Å². The third-order valence-corrected chi connectivity index (χ3v) is 4.43. The van der Waals surface area contributed by atoms with Gasteiger partial charge in [-0.1, -0.05) is 20.8 Å². The highest BCUT2D eigenvalue weighted by atomic mass is 16.2. The van der Waals surface area contributed by atoms with Gasteiger partial charge in [-0.15, -0.1) is 0 Å². The van der Waals surface area contributed by atoms with Gasteiger partial charge in [-0.05, 0) is 37.5 Å². The second-order valence-corrected chi connectivity index (χ2v) is 6.89. The van der Waals surface area contributed by atoms with E-state index in [1.54, 1.807) is 0 Å². The summed E-state index contributed by atoms with van der Waals surface area (Å²) in [6, 6.07) is 0. The van der Waals surface area contributed by atoms with E-state index in [9.17, 15) is 4.79 Å². The Morgan fingerprint density at radius 2 is 2.05 bits per heavy atom. The first-order chi connectivity index (χ1) is 9.30. The van der Waals surface area contributed by atoms with Gasteiger partial charge >= 0.3 is 0 Å². The van der Waals surface area contributed by atoms with Crippen LogP contribution in [0, 0.1) is 18.3 Å². The van der Waals surface area contributed by atoms with Gasteiger partial charge < -0.3 is 10.6 Å². The largest absolute Gasteiger partial charge is 0.382 e. The van der Waals surface area contributed by atoms with Crippen molar-refractivity contribution in [1.82, 2.24) is 15.1 Å². The van der Waals surface area contributed by atoms with Gasteiger partial charge in [0.1, 0.15) is 5.56 Å². The number of nitrogen functional groups attached to an aromatic ring is 1. The smallest absolute Gasteiger partial charge is 0.259 e. The molecule has 5 heteroatoms. The second-order valence-electron chi connectivity index (χ2n) is 6.89. The first-order valence-electron chi connectivity index (χ1n) is 7.40. The summed E-state index contributed by atoms with van der Waals surface area (Å²) in [5.41, 5.74) is 7.40. The summed E-state index contributed by atoms with van der Waals surface area (Å²) in [6.45, 7) is 10.3. The van der Waals surface area contributed by atoms with Crippen molar-refractivity contribution in [2.45, 2.75) is 47.0 Å². The predicted molar refractivity (Wildman–Crippen MR) is 80.4 cm³/mol. The molecule has 1 aromatic heterocycles. The number of carbonyl (C=O) groups is 1. The summed E-state index contributed by atoms with van der Waals surface area (Å²) in [4.78, 5) is 14.5. The number of anilines is 1. The standard InChI is InChI=1S/C15H26N4O/c1-10-12(13(16)18-17-10)14(20)19-8-5-6-11(7-9-19)15(2,3)4/h11H,5-9H2,1-4H3,(H3,16,17,18). The van der Waals surface area contributed by atoms with Gasteiger partial charge in [0.2, 0.25) is 0 Å². The minimum absolute atomic E-state index is 0.0170. The molecule has 1 aliphatic heterocycles. The molecular formula is C15H26N4O. The van der Waals surface area contributed by atoms with E-state index in [0.29, 0.717) is 22.7 Å². The Kier molecular flexibility index (Phi) is 4.06. The van der Waals surface area contributed by atoms with Crippen molar-refractivity contribution in [2.75, 3.05) is 18.8 Å². The highest BCUT2D eigenvalue weighted by Gasteiger charge is 2.30. The number of nitrogens with zero attached hydrogens (tertiary/aromatic N) is 2. The molecule has 2 rings (SSSR count). The molecule has 3 N–H and O–H groups in total. The number of amides is 1. The van der Waals surface area contributed by atoms with Crippen LogP contribution in [0.2, 0.25) is 0 Å². The van der Waals surface area contributed by atoms with Gasteiger partial charge in [0, 0.05) is 18.8 Å². The second kappa shape index (κ2) is 5.46. The lowest BCUT2D eigenvalue weighted by atomic mass is 9.77. The molecule has 0 spiro atoms. The zero-order valence-electron chi connectivity index (χ0n) is 13.0. The van der Waals surface area contributed by atoms with Crippen molar-refractivity contribution in [3.8, 4) is 0 Å². The van der Waals surface area contributed by atoms with Crippen LogP contribution in [0.4, 0.5) is 5.82 Å². The monoisotopic (exact) mass is 278 g/mol. The van der Waals surface area contributed by atoms with Crippen LogP contribution < -0.4 is 5.73 Å². The zero-order chi connectivity index (χ0) is 14.9. The van der Waals surface area contributed by atoms with Crippen LogP contribution in [0.1, 0.15) is 56.1 Å². The molecule has 0 bridgehead atoms. The molecule has 112 valence electrons. The van der Waals surface area contributed by atoms with E-state index in [1.165, 1.54) is 6.42 Å². The maximum Gasteiger partial charge on any atom is 0.259 e. The molecule has 1 saturated heterocycles. The van der Waals surface area contributed by atoms with E-state index < -0.39 is 0 Å². The number of nitrogens with one attached hydrogen (secondary N) is 1. The third kappa shape index (κ3) is 2.97. The van der Waals surface area contributed by atoms with E-state index in [1.807, 2.05) is 11.8 Å². The first-order valence-corrected chi connectivity index (χ1v) is 7.40. The third-order valence-electron chi connectivity index (χ3n) is 4.43. The van der Waals surface area contributed by atoms with E-state index in [2.05, 4.69) is 31.0 Å². The van der Waals surface area contributed by atoms with Gasteiger partial charge in [0.05, 0.1) is 0 Å². The molecular weight excluding hydrogens is 252 g/mol. The summed E-state index contributed by atoms with van der Waals surface area (Å²) in [7, 11) is 0. The van der Waals surface area contributed by atoms with Gasteiger partial charge in [0.15, 0.2) is 5.82 Å². The molecule has 20 heavy (non-hydrogen) atoms. The van der Waals surface area contributed by atoms with E-state index in [4.69, 9.17) is 5.73 Å². The van der Waals surface area contributed by atoms with Crippen LogP contribution in [-0.4, -0.2) is 34.1 Å². The fraction of sp³-hybridized carbons (Fsp3) is 0.733. The van der Waals surface area contributed by atoms with Crippen molar-refractivity contribution in [3.63, 3.8) is 0 Å². The number of rotatable bonds is 1. The molecule has 0 aromatic carbocycles. The number of carbonyl (C=O) groups excluding carboxylic acids is 1. The lowest BCUT2D eigenvalue weighted by molar-refractivity contribution is 0.0756. The summed E-state index contributed by atoms with van der Waals surface area (Å²) >= 11 is 0. The molecule has 1 fully saturated rings. The Labute approximate surface area is 120 Å². The van der Waals surface area contributed by atoms with Crippen molar-refractivity contribution >= 4 is 11.7 Å². The van der Waals surface area contributed by atoms with Crippen molar-refractivity contribution in [3.05, 3.63) is 11.3 Å². The van der Waals surface area contributed by atoms with E-state index in [-0.39, 0.29) is 5.91 Å². The van der Waals surface area contributed by atoms with Crippen LogP contribution in [0.15, 0.2) is 0 Å². The zero-order valence-corrected chi connectivity index (χ0v) is 13.0. The average molecular weight is 278 g/mol. The Balaban J connectivity index is 2.09. The van der Waals surface area contributed by atoms with Crippen molar-refractivity contribution in [1.29, 1.82) is 0 Å². The van der Waals surface area contributed by atoms with Gasteiger partial charge in [-0.2, -0.15) is 5.10 Å². The molecule has 0 radical (unpaired) electrons. The lowest BCUT2D eigenvalue weighted by Crippen LogP contribution is -2.33. The topological polar surface area (TPSA) is 75.0 Å². The van der Waals surface area contributed by atoms with Crippen LogP contribution in [0.25, 0.3) is 0 Å². The number of aromatic nitrogens is 2. The molecule has 1 amide bonds. The van der Waals surface area contributed by atoms with Crippen molar-refractivity contribution in [2.24, 2.45) is 11.3 Å². The SMILES string of the molecule is Cc1[nH]nc(N)c1C(=O)N1CCCC(C(C)(C)C)CC1. The summed E-state index contributed by atoms with van der Waals surface area (Å²) < 4.78 is 0. The number of nitrogens with two attached hydrogens (primary N) is 1. The van der Waals surface area contributed by atoms with Crippen LogP contribution >= 0.6 is 0 Å². The predicted octanol–water partition coefficient (Wildman–Crippen LogP) is 2.59. The fourth-order valence-corrected chi connectivity index (χ4v) is 3.04. The van der Waals surface area contributed by atoms with E-state index in [0.717, 1.165) is 31.6 Å². The number of hydrogen-bond donors (Lipinski definition) is 2. The highest BCUT2D eigenvalue weighted by molar-refractivity contribution is 5.99. The number of aryl methyl sites for hydroxylation is 1. The molecule has 1 aromatic rings. The fourth-order valence-electron chi connectivity index (χ4n) is 3.04. The molecule has 0 saturated carbocycles. The minimum Gasteiger partial charge on any atom is -0.382 e. The number of hydrogen-bond acceptors (Lipinski definition) is 3. The normalized spacial score (nSPS) is 20.8. The average Bonchev–Trinajstić information content (AvgIpc) is 2.58. The van der Waals surface area contributed by atoms with Gasteiger partial charge in [-0.25, -0.2) is 0 Å².